The van der Waals surface area contributed by atoms with E-state index in [0.717, 1.165) is 11.8 Å². The van der Waals surface area contributed by atoms with Crippen LogP contribution in [0.15, 0.2) is 24.3 Å². The van der Waals surface area contributed by atoms with Crippen molar-refractivity contribution in [3.05, 3.63) is 24.3 Å². The zero-order valence-corrected chi connectivity index (χ0v) is 17.3. The fourth-order valence-electron chi connectivity index (χ4n) is 3.48. The van der Waals surface area contributed by atoms with E-state index < -0.39 is 0 Å². The van der Waals surface area contributed by atoms with Gasteiger partial charge in [-0.1, -0.05) is 69.4 Å². The molecule has 0 aliphatic rings. The third-order valence-electron chi connectivity index (χ3n) is 4.55. The van der Waals surface area contributed by atoms with E-state index in [0.29, 0.717) is 0 Å². The molecule has 0 saturated carbocycles. The molecule has 0 rings (SSSR count). The summed E-state index contributed by atoms with van der Waals surface area (Å²) in [6.45, 7) is 14.8. The van der Waals surface area contributed by atoms with Gasteiger partial charge >= 0.3 is 0 Å². The molecule has 0 aromatic rings. The predicted octanol–water partition coefficient (Wildman–Crippen LogP) is 8.05. The van der Waals surface area contributed by atoms with Crippen molar-refractivity contribution in [2.24, 2.45) is 11.8 Å². The second kappa shape index (κ2) is 15.4. The summed E-state index contributed by atoms with van der Waals surface area (Å²) in [5, 5.41) is 0. The summed E-state index contributed by atoms with van der Waals surface area (Å²) in [7, 11) is 0. The third kappa shape index (κ3) is 16.5. The van der Waals surface area contributed by atoms with Gasteiger partial charge in [-0.2, -0.15) is 11.8 Å². The SMILES string of the molecule is C=C(C)CC(C)CCCCCCCCCC(CSC)CC(=C)C. The molecule has 0 spiro atoms. The zero-order chi connectivity index (χ0) is 17.5. The number of allylic oxidation sites excluding steroid dienone is 2. The highest BCUT2D eigenvalue weighted by Crippen LogP contribution is 2.22. The smallest absolute Gasteiger partial charge is 0.00389 e. The standard InChI is InChI=1S/C22H42S/c1-19(2)16-21(5)14-12-10-8-7-9-11-13-15-22(18-23-6)17-20(3)4/h21-22H,1,3,7-18H2,2,4-6H3. The molecule has 0 radical (unpaired) electrons. The van der Waals surface area contributed by atoms with Crippen molar-refractivity contribution < 1.29 is 0 Å². The van der Waals surface area contributed by atoms with Gasteiger partial charge in [0.1, 0.15) is 0 Å². The lowest BCUT2D eigenvalue weighted by Gasteiger charge is -2.15. The molecule has 0 bridgehead atoms. The fraction of sp³-hybridized carbons (Fsp3) is 0.818. The van der Waals surface area contributed by atoms with Crippen LogP contribution in [0.25, 0.3) is 0 Å². The van der Waals surface area contributed by atoms with E-state index in [2.05, 4.69) is 40.2 Å². The van der Waals surface area contributed by atoms with Crippen molar-refractivity contribution in [1.29, 1.82) is 0 Å². The molecule has 0 aliphatic carbocycles. The Morgan fingerprint density at radius 2 is 1.26 bits per heavy atom. The Hall–Kier alpha value is -0.170. The van der Waals surface area contributed by atoms with Gasteiger partial charge in [0, 0.05) is 0 Å². The highest BCUT2D eigenvalue weighted by atomic mass is 32.2. The van der Waals surface area contributed by atoms with Crippen LogP contribution < -0.4 is 0 Å². The van der Waals surface area contributed by atoms with Crippen LogP contribution in [-0.4, -0.2) is 12.0 Å². The Balaban J connectivity index is 3.44. The second-order valence-electron chi connectivity index (χ2n) is 7.80. The Kier molecular flexibility index (Phi) is 15.2. The van der Waals surface area contributed by atoms with Crippen molar-refractivity contribution >= 4 is 11.8 Å². The minimum Gasteiger partial charge on any atom is -0.165 e. The number of unbranched alkanes of at least 4 members (excludes halogenated alkanes) is 6. The van der Waals surface area contributed by atoms with Crippen LogP contribution in [0.4, 0.5) is 0 Å². The van der Waals surface area contributed by atoms with E-state index in [9.17, 15) is 0 Å². The van der Waals surface area contributed by atoms with Crippen LogP contribution >= 0.6 is 11.8 Å². The Morgan fingerprint density at radius 1 is 0.783 bits per heavy atom. The van der Waals surface area contributed by atoms with Gasteiger partial charge in [-0.3, -0.25) is 0 Å². The van der Waals surface area contributed by atoms with Gasteiger partial charge in [0.25, 0.3) is 0 Å². The van der Waals surface area contributed by atoms with E-state index in [1.54, 1.807) is 0 Å². The summed E-state index contributed by atoms with van der Waals surface area (Å²) in [6, 6.07) is 0. The highest BCUT2D eigenvalue weighted by Gasteiger charge is 2.08. The maximum absolute atomic E-state index is 4.08. The van der Waals surface area contributed by atoms with Crippen molar-refractivity contribution in [3.8, 4) is 0 Å². The molecule has 0 N–H and O–H groups in total. The largest absolute Gasteiger partial charge is 0.165 e. The first kappa shape index (κ1) is 22.8. The predicted molar refractivity (Wildman–Crippen MR) is 111 cm³/mol. The monoisotopic (exact) mass is 338 g/mol. The first-order valence-corrected chi connectivity index (χ1v) is 11.1. The van der Waals surface area contributed by atoms with Gasteiger partial charge in [-0.25, -0.2) is 0 Å². The average molecular weight is 339 g/mol. The first-order chi connectivity index (χ1) is 11.0. The van der Waals surface area contributed by atoms with Crippen molar-refractivity contribution in [3.63, 3.8) is 0 Å². The lowest BCUT2D eigenvalue weighted by Crippen LogP contribution is -2.04. The molecule has 0 amide bonds. The number of rotatable bonds is 16. The van der Waals surface area contributed by atoms with Crippen LogP contribution in [0.2, 0.25) is 0 Å². The quantitative estimate of drug-likeness (QED) is 0.203. The zero-order valence-electron chi connectivity index (χ0n) is 16.5. The lowest BCUT2D eigenvalue weighted by molar-refractivity contribution is 0.466. The molecule has 0 saturated heterocycles. The molecule has 0 aromatic carbocycles. The molecule has 0 nitrogen and oxygen atoms in total. The molecular weight excluding hydrogens is 296 g/mol. The van der Waals surface area contributed by atoms with Crippen molar-refractivity contribution in [2.45, 2.75) is 91.4 Å². The molecule has 1 heteroatoms. The molecule has 2 atom stereocenters. The van der Waals surface area contributed by atoms with Gasteiger partial charge in [0.05, 0.1) is 0 Å². The molecule has 0 heterocycles. The molecule has 23 heavy (non-hydrogen) atoms. The van der Waals surface area contributed by atoms with Gasteiger partial charge < -0.3 is 0 Å². The molecule has 2 unspecified atom stereocenters. The van der Waals surface area contributed by atoms with E-state index in [1.807, 2.05) is 11.8 Å². The number of hydrogen-bond donors (Lipinski definition) is 0. The van der Waals surface area contributed by atoms with Gasteiger partial charge in [-0.05, 0) is 57.0 Å². The normalized spacial score (nSPS) is 13.7. The molecule has 0 aliphatic heterocycles. The Morgan fingerprint density at radius 3 is 1.74 bits per heavy atom. The van der Waals surface area contributed by atoms with Gasteiger partial charge in [0.15, 0.2) is 0 Å². The minimum atomic E-state index is 0.828. The van der Waals surface area contributed by atoms with E-state index >= 15 is 0 Å². The van der Waals surface area contributed by atoms with Gasteiger partial charge in [0.2, 0.25) is 0 Å². The van der Waals surface area contributed by atoms with Crippen LogP contribution in [0.1, 0.15) is 91.4 Å². The summed E-state index contributed by atoms with van der Waals surface area (Å²) in [5.74, 6) is 2.99. The third-order valence-corrected chi connectivity index (χ3v) is 5.35. The molecule has 0 aromatic heterocycles. The summed E-state index contributed by atoms with van der Waals surface area (Å²) in [5.41, 5.74) is 2.69. The number of hydrogen-bond acceptors (Lipinski definition) is 1. The van der Waals surface area contributed by atoms with Crippen LogP contribution in [0, 0.1) is 11.8 Å². The molecule has 0 fully saturated rings. The van der Waals surface area contributed by atoms with Gasteiger partial charge in [-0.15, -0.1) is 13.2 Å². The fourth-order valence-corrected chi connectivity index (χ4v) is 4.24. The summed E-state index contributed by atoms with van der Waals surface area (Å²) in [4.78, 5) is 0. The maximum atomic E-state index is 4.08. The highest BCUT2D eigenvalue weighted by molar-refractivity contribution is 7.98. The summed E-state index contributed by atoms with van der Waals surface area (Å²) in [6.07, 6.45) is 17.4. The van der Waals surface area contributed by atoms with Crippen LogP contribution in [0.5, 0.6) is 0 Å². The van der Waals surface area contributed by atoms with Crippen LogP contribution in [0.3, 0.4) is 0 Å². The molecule has 136 valence electrons. The maximum Gasteiger partial charge on any atom is -0.00389 e. The van der Waals surface area contributed by atoms with Crippen molar-refractivity contribution in [2.75, 3.05) is 12.0 Å². The minimum absolute atomic E-state index is 0.828. The van der Waals surface area contributed by atoms with E-state index in [4.69, 9.17) is 0 Å². The first-order valence-electron chi connectivity index (χ1n) is 9.73. The topological polar surface area (TPSA) is 0 Å². The Bertz CT molecular complexity index is 305. The van der Waals surface area contributed by atoms with E-state index in [1.165, 1.54) is 87.5 Å². The summed E-state index contributed by atoms with van der Waals surface area (Å²) >= 11 is 1.99. The average Bonchev–Trinajstić information content (AvgIpc) is 2.44. The molecular formula is C22H42S. The summed E-state index contributed by atoms with van der Waals surface area (Å²) < 4.78 is 0. The van der Waals surface area contributed by atoms with Crippen molar-refractivity contribution in [1.82, 2.24) is 0 Å². The lowest BCUT2D eigenvalue weighted by atomic mass is 9.95. The second-order valence-corrected chi connectivity index (χ2v) is 8.71. The van der Waals surface area contributed by atoms with Crippen LogP contribution in [-0.2, 0) is 0 Å². The Labute approximate surface area is 151 Å². The van der Waals surface area contributed by atoms with E-state index in [-0.39, 0.29) is 0 Å². The number of thioether (sulfide) groups is 1.